The molecule has 0 amide bonds. The lowest BCUT2D eigenvalue weighted by atomic mass is 10.1. The number of hydrogen-bond acceptors (Lipinski definition) is 4. The molecule has 1 fully saturated rings. The third kappa shape index (κ3) is 2.74. The molecule has 1 saturated heterocycles. The minimum Gasteiger partial charge on any atom is -0.487 e. The molecule has 4 heteroatoms. The summed E-state index contributed by atoms with van der Waals surface area (Å²) in [4.78, 5) is 10.8. The van der Waals surface area contributed by atoms with Crippen molar-refractivity contribution in [3.8, 4) is 17.0 Å². The SMILES string of the molecule is CN1CCC(Oc2cccnc2-c2ccncc2)C1. The van der Waals surface area contributed by atoms with Crippen LogP contribution in [0.5, 0.6) is 5.75 Å². The van der Waals surface area contributed by atoms with E-state index in [4.69, 9.17) is 4.74 Å². The minimum atomic E-state index is 0.259. The summed E-state index contributed by atoms with van der Waals surface area (Å²) >= 11 is 0. The summed E-state index contributed by atoms with van der Waals surface area (Å²) in [5.41, 5.74) is 1.93. The first kappa shape index (κ1) is 12.1. The van der Waals surface area contributed by atoms with Crippen LogP contribution in [0.3, 0.4) is 0 Å². The molecule has 0 N–H and O–H groups in total. The average molecular weight is 255 g/mol. The minimum absolute atomic E-state index is 0.259. The fraction of sp³-hybridized carbons (Fsp3) is 0.333. The first-order valence-electron chi connectivity index (χ1n) is 6.53. The molecule has 0 saturated carbocycles. The Morgan fingerprint density at radius 2 is 2.05 bits per heavy atom. The highest BCUT2D eigenvalue weighted by atomic mass is 16.5. The first-order chi connectivity index (χ1) is 9.33. The Kier molecular flexibility index (Phi) is 3.42. The van der Waals surface area contributed by atoms with Crippen LogP contribution in [-0.4, -0.2) is 41.1 Å². The molecule has 1 aliphatic rings. The lowest BCUT2D eigenvalue weighted by Crippen LogP contribution is -2.21. The second-order valence-electron chi connectivity index (χ2n) is 4.88. The molecule has 2 aromatic heterocycles. The fourth-order valence-corrected chi connectivity index (χ4v) is 2.38. The van der Waals surface area contributed by atoms with E-state index >= 15 is 0 Å². The smallest absolute Gasteiger partial charge is 0.146 e. The Morgan fingerprint density at radius 3 is 2.79 bits per heavy atom. The van der Waals surface area contributed by atoms with E-state index < -0.39 is 0 Å². The first-order valence-corrected chi connectivity index (χ1v) is 6.53. The maximum absolute atomic E-state index is 6.11. The van der Waals surface area contributed by atoms with E-state index in [0.29, 0.717) is 0 Å². The number of ether oxygens (including phenoxy) is 1. The molecule has 19 heavy (non-hydrogen) atoms. The van der Waals surface area contributed by atoms with Gasteiger partial charge in [0.05, 0.1) is 0 Å². The highest BCUT2D eigenvalue weighted by Crippen LogP contribution is 2.28. The summed E-state index contributed by atoms with van der Waals surface area (Å²) in [5, 5.41) is 0. The Hall–Kier alpha value is -1.94. The quantitative estimate of drug-likeness (QED) is 0.843. The van der Waals surface area contributed by atoms with Crippen LogP contribution < -0.4 is 4.74 Å². The van der Waals surface area contributed by atoms with E-state index in [1.165, 1.54) is 0 Å². The van der Waals surface area contributed by atoms with E-state index in [9.17, 15) is 0 Å². The fourth-order valence-electron chi connectivity index (χ4n) is 2.38. The Balaban J connectivity index is 1.86. The number of hydrogen-bond donors (Lipinski definition) is 0. The molecule has 0 bridgehead atoms. The van der Waals surface area contributed by atoms with Crippen LogP contribution in [-0.2, 0) is 0 Å². The van der Waals surface area contributed by atoms with Gasteiger partial charge in [0.15, 0.2) is 0 Å². The van der Waals surface area contributed by atoms with E-state index in [2.05, 4.69) is 21.9 Å². The summed E-state index contributed by atoms with van der Waals surface area (Å²) in [6, 6.07) is 7.81. The predicted octanol–water partition coefficient (Wildman–Crippen LogP) is 2.23. The number of aromatic nitrogens is 2. The van der Waals surface area contributed by atoms with Crippen LogP contribution in [0.15, 0.2) is 42.9 Å². The lowest BCUT2D eigenvalue weighted by Gasteiger charge is -2.16. The van der Waals surface area contributed by atoms with Crippen LogP contribution in [0.1, 0.15) is 6.42 Å². The molecule has 1 atom stereocenters. The van der Waals surface area contributed by atoms with Crippen LogP contribution in [0, 0.1) is 0 Å². The zero-order valence-electron chi connectivity index (χ0n) is 11.0. The monoisotopic (exact) mass is 255 g/mol. The van der Waals surface area contributed by atoms with Gasteiger partial charge in [-0.3, -0.25) is 9.97 Å². The highest BCUT2D eigenvalue weighted by molar-refractivity contribution is 5.65. The van der Waals surface area contributed by atoms with Gasteiger partial charge in [-0.25, -0.2) is 0 Å². The van der Waals surface area contributed by atoms with Gasteiger partial charge in [-0.05, 0) is 37.7 Å². The van der Waals surface area contributed by atoms with Crippen molar-refractivity contribution in [2.45, 2.75) is 12.5 Å². The molecule has 0 spiro atoms. The van der Waals surface area contributed by atoms with Crippen molar-refractivity contribution in [1.29, 1.82) is 0 Å². The summed E-state index contributed by atoms with van der Waals surface area (Å²) in [5.74, 6) is 0.856. The van der Waals surface area contributed by atoms with Gasteiger partial charge in [0.2, 0.25) is 0 Å². The van der Waals surface area contributed by atoms with E-state index in [-0.39, 0.29) is 6.10 Å². The molecule has 1 aliphatic heterocycles. The molecule has 3 rings (SSSR count). The Morgan fingerprint density at radius 1 is 1.21 bits per heavy atom. The second kappa shape index (κ2) is 5.36. The summed E-state index contributed by atoms with van der Waals surface area (Å²) in [7, 11) is 2.12. The zero-order chi connectivity index (χ0) is 13.1. The zero-order valence-corrected chi connectivity index (χ0v) is 11.0. The van der Waals surface area contributed by atoms with Gasteiger partial charge in [-0.1, -0.05) is 0 Å². The Bertz CT molecular complexity index is 544. The molecule has 4 nitrogen and oxygen atoms in total. The Labute approximate surface area is 113 Å². The van der Waals surface area contributed by atoms with Gasteiger partial charge >= 0.3 is 0 Å². The average Bonchev–Trinajstić information content (AvgIpc) is 2.86. The van der Waals surface area contributed by atoms with Crippen molar-refractivity contribution in [3.05, 3.63) is 42.9 Å². The maximum atomic E-state index is 6.11. The molecule has 0 aliphatic carbocycles. The molecule has 3 heterocycles. The van der Waals surface area contributed by atoms with Crippen molar-refractivity contribution in [1.82, 2.24) is 14.9 Å². The number of nitrogens with zero attached hydrogens (tertiary/aromatic N) is 3. The number of pyridine rings is 2. The summed E-state index contributed by atoms with van der Waals surface area (Å²) in [6.07, 6.45) is 6.67. The lowest BCUT2D eigenvalue weighted by molar-refractivity contribution is 0.208. The van der Waals surface area contributed by atoms with Gasteiger partial charge in [-0.15, -0.1) is 0 Å². The molecule has 98 valence electrons. The highest BCUT2D eigenvalue weighted by Gasteiger charge is 2.22. The second-order valence-corrected chi connectivity index (χ2v) is 4.88. The van der Waals surface area contributed by atoms with Crippen molar-refractivity contribution in [3.63, 3.8) is 0 Å². The van der Waals surface area contributed by atoms with Crippen LogP contribution >= 0.6 is 0 Å². The largest absolute Gasteiger partial charge is 0.487 e. The molecule has 1 unspecified atom stereocenters. The van der Waals surface area contributed by atoms with Crippen LogP contribution in [0.25, 0.3) is 11.3 Å². The maximum Gasteiger partial charge on any atom is 0.146 e. The van der Waals surface area contributed by atoms with Gasteiger partial charge < -0.3 is 9.64 Å². The van der Waals surface area contributed by atoms with Gasteiger partial charge in [-0.2, -0.15) is 0 Å². The topological polar surface area (TPSA) is 38.2 Å². The van der Waals surface area contributed by atoms with Crippen molar-refractivity contribution in [2.24, 2.45) is 0 Å². The molecule has 0 radical (unpaired) electrons. The standard InChI is InChI=1S/C15H17N3O/c1-18-10-6-13(11-18)19-14-3-2-7-17-15(14)12-4-8-16-9-5-12/h2-5,7-9,13H,6,10-11H2,1H3. The van der Waals surface area contributed by atoms with Gasteiger partial charge in [0, 0.05) is 37.2 Å². The van der Waals surface area contributed by atoms with Crippen molar-refractivity contribution in [2.75, 3.05) is 20.1 Å². The molecule has 2 aromatic rings. The van der Waals surface area contributed by atoms with Gasteiger partial charge in [0.25, 0.3) is 0 Å². The van der Waals surface area contributed by atoms with Crippen molar-refractivity contribution < 1.29 is 4.74 Å². The normalized spacial score (nSPS) is 19.5. The number of likely N-dealkylation sites (N-methyl/N-ethyl adjacent to an activating group) is 1. The van der Waals surface area contributed by atoms with E-state index in [0.717, 1.165) is 36.5 Å². The number of likely N-dealkylation sites (tertiary alicyclic amines) is 1. The molecular formula is C15H17N3O. The summed E-state index contributed by atoms with van der Waals surface area (Å²) in [6.45, 7) is 2.07. The third-order valence-electron chi connectivity index (χ3n) is 3.37. The van der Waals surface area contributed by atoms with Gasteiger partial charge in [0.1, 0.15) is 17.5 Å². The molecule has 0 aromatic carbocycles. The number of rotatable bonds is 3. The third-order valence-corrected chi connectivity index (χ3v) is 3.37. The summed E-state index contributed by atoms with van der Waals surface area (Å²) < 4.78 is 6.11. The van der Waals surface area contributed by atoms with E-state index in [1.54, 1.807) is 18.6 Å². The van der Waals surface area contributed by atoms with Crippen molar-refractivity contribution >= 4 is 0 Å². The molecular weight excluding hydrogens is 238 g/mol. The van der Waals surface area contributed by atoms with Crippen LogP contribution in [0.4, 0.5) is 0 Å². The predicted molar refractivity (Wildman–Crippen MR) is 74.0 cm³/mol. The van der Waals surface area contributed by atoms with E-state index in [1.807, 2.05) is 24.3 Å². The van der Waals surface area contributed by atoms with Crippen LogP contribution in [0.2, 0.25) is 0 Å².